The number of amidine groups is 1. The predicted octanol–water partition coefficient (Wildman–Crippen LogP) is 5.29. The van der Waals surface area contributed by atoms with Gasteiger partial charge in [0.15, 0.2) is 5.17 Å². The van der Waals surface area contributed by atoms with Gasteiger partial charge in [0.25, 0.3) is 5.91 Å². The minimum atomic E-state index is -0.124. The summed E-state index contributed by atoms with van der Waals surface area (Å²) >= 11 is 7.30. The lowest BCUT2D eigenvalue weighted by Gasteiger charge is -2.12. The number of aliphatic imine (C=N–C) groups is 1. The van der Waals surface area contributed by atoms with Crippen LogP contribution in [0.15, 0.2) is 46.3 Å². The molecule has 1 N–H and O–H groups in total. The number of nitrogens with zero attached hydrogens (tertiary/aromatic N) is 2. The molecular weight excluding hydrogens is 368 g/mol. The third-order valence-electron chi connectivity index (χ3n) is 4.06. The lowest BCUT2D eigenvalue weighted by atomic mass is 10.1. The highest BCUT2D eigenvalue weighted by Gasteiger charge is 2.32. The minimum Gasteiger partial charge on any atom is -0.507 e. The molecule has 1 heterocycles. The summed E-state index contributed by atoms with van der Waals surface area (Å²) in [6.45, 7) is 6.45. The number of thioether (sulfide) groups is 1. The van der Waals surface area contributed by atoms with Crippen molar-refractivity contribution in [1.82, 2.24) is 4.90 Å². The summed E-state index contributed by atoms with van der Waals surface area (Å²) in [5, 5.41) is 11.1. The molecule has 134 valence electrons. The molecule has 2 aromatic carbocycles. The van der Waals surface area contributed by atoms with Crippen LogP contribution in [0.25, 0.3) is 6.08 Å². The smallest absolute Gasteiger partial charge is 0.266 e. The van der Waals surface area contributed by atoms with Crippen LogP contribution in [-0.2, 0) is 4.79 Å². The molecule has 1 aliphatic rings. The number of aromatic hydroxyl groups is 1. The Balaban J connectivity index is 2.01. The molecule has 0 atom stereocenters. The zero-order valence-corrected chi connectivity index (χ0v) is 16.4. The van der Waals surface area contributed by atoms with Crippen LogP contribution in [0, 0.1) is 13.8 Å². The van der Waals surface area contributed by atoms with Crippen molar-refractivity contribution in [2.45, 2.75) is 20.8 Å². The Kier molecular flexibility index (Phi) is 5.39. The monoisotopic (exact) mass is 386 g/mol. The number of aryl methyl sites for hydroxylation is 2. The largest absolute Gasteiger partial charge is 0.507 e. The summed E-state index contributed by atoms with van der Waals surface area (Å²) < 4.78 is 0. The van der Waals surface area contributed by atoms with E-state index in [9.17, 15) is 9.90 Å². The van der Waals surface area contributed by atoms with E-state index in [1.807, 2.05) is 39.0 Å². The van der Waals surface area contributed by atoms with Crippen LogP contribution in [0.3, 0.4) is 0 Å². The molecular formula is C20H19ClN2O2S. The van der Waals surface area contributed by atoms with E-state index in [2.05, 4.69) is 0 Å². The fraction of sp³-hybridized carbons (Fsp3) is 0.200. The molecule has 26 heavy (non-hydrogen) atoms. The third kappa shape index (κ3) is 3.79. The number of halogens is 1. The van der Waals surface area contributed by atoms with E-state index < -0.39 is 0 Å². The second-order valence-corrected chi connectivity index (χ2v) is 7.49. The first-order chi connectivity index (χ1) is 12.4. The highest BCUT2D eigenvalue weighted by Crippen LogP contribution is 2.36. The average Bonchev–Trinajstić information content (AvgIpc) is 2.89. The molecule has 0 spiro atoms. The number of benzene rings is 2. The van der Waals surface area contributed by atoms with E-state index in [0.29, 0.717) is 27.2 Å². The van der Waals surface area contributed by atoms with Crippen molar-refractivity contribution in [3.05, 3.63) is 63.0 Å². The number of carbonyl (C=O) groups excluding carboxylic acids is 1. The summed E-state index contributed by atoms with van der Waals surface area (Å²) in [5.41, 5.74) is 3.53. The van der Waals surface area contributed by atoms with E-state index in [1.165, 1.54) is 17.8 Å². The first kappa shape index (κ1) is 18.5. The molecule has 1 aliphatic heterocycles. The summed E-state index contributed by atoms with van der Waals surface area (Å²) in [5.74, 6) is -0.0424. The Morgan fingerprint density at radius 1 is 1.23 bits per heavy atom. The molecule has 2 aromatic rings. The standard InChI is InChI=1S/C20H19ClN2O2S/c1-4-23-19(25)18(11-14-10-15(21)7-8-17(14)24)26-20(23)22-16-9-12(2)5-6-13(16)3/h5-11,24H,4H2,1-3H3/b18-11+,22-20?. The number of hydrogen-bond donors (Lipinski definition) is 1. The molecule has 0 aromatic heterocycles. The number of phenols is 1. The van der Waals surface area contributed by atoms with Gasteiger partial charge in [-0.2, -0.15) is 0 Å². The van der Waals surface area contributed by atoms with Gasteiger partial charge in [0.05, 0.1) is 10.6 Å². The van der Waals surface area contributed by atoms with Crippen LogP contribution in [0.5, 0.6) is 5.75 Å². The topological polar surface area (TPSA) is 52.9 Å². The minimum absolute atomic E-state index is 0.0817. The zero-order chi connectivity index (χ0) is 18.8. The molecule has 0 unspecified atom stereocenters. The summed E-state index contributed by atoms with van der Waals surface area (Å²) in [6.07, 6.45) is 1.66. The Hall–Kier alpha value is -2.24. The van der Waals surface area contributed by atoms with Crippen molar-refractivity contribution in [3.8, 4) is 5.75 Å². The van der Waals surface area contributed by atoms with Crippen LogP contribution < -0.4 is 0 Å². The lowest BCUT2D eigenvalue weighted by molar-refractivity contribution is -0.122. The molecule has 3 rings (SSSR count). The molecule has 6 heteroatoms. The van der Waals surface area contributed by atoms with E-state index in [1.54, 1.807) is 23.1 Å². The van der Waals surface area contributed by atoms with Crippen molar-refractivity contribution in [3.63, 3.8) is 0 Å². The van der Waals surface area contributed by atoms with Gasteiger partial charge in [0.1, 0.15) is 5.75 Å². The summed E-state index contributed by atoms with van der Waals surface area (Å²) in [7, 11) is 0. The van der Waals surface area contributed by atoms with Gasteiger partial charge in [-0.3, -0.25) is 9.69 Å². The van der Waals surface area contributed by atoms with Gasteiger partial charge >= 0.3 is 0 Å². The summed E-state index contributed by atoms with van der Waals surface area (Å²) in [4.78, 5) is 19.6. The van der Waals surface area contributed by atoms with E-state index in [4.69, 9.17) is 16.6 Å². The lowest BCUT2D eigenvalue weighted by Crippen LogP contribution is -2.28. The first-order valence-corrected chi connectivity index (χ1v) is 9.44. The Labute approximate surface area is 162 Å². The highest BCUT2D eigenvalue weighted by molar-refractivity contribution is 8.18. The molecule has 1 amide bonds. The van der Waals surface area contributed by atoms with Crippen molar-refractivity contribution < 1.29 is 9.90 Å². The number of amides is 1. The zero-order valence-electron chi connectivity index (χ0n) is 14.8. The number of rotatable bonds is 3. The average molecular weight is 387 g/mol. The van der Waals surface area contributed by atoms with E-state index in [-0.39, 0.29) is 11.7 Å². The van der Waals surface area contributed by atoms with Crippen LogP contribution in [-0.4, -0.2) is 27.6 Å². The molecule has 4 nitrogen and oxygen atoms in total. The van der Waals surface area contributed by atoms with Crippen molar-refractivity contribution in [2.75, 3.05) is 6.54 Å². The second kappa shape index (κ2) is 7.56. The van der Waals surface area contributed by atoms with Crippen molar-refractivity contribution in [1.29, 1.82) is 0 Å². The van der Waals surface area contributed by atoms with Gasteiger partial charge in [0.2, 0.25) is 0 Å². The quantitative estimate of drug-likeness (QED) is 0.729. The first-order valence-electron chi connectivity index (χ1n) is 8.25. The van der Waals surface area contributed by atoms with E-state index >= 15 is 0 Å². The fourth-order valence-electron chi connectivity index (χ4n) is 2.60. The summed E-state index contributed by atoms with van der Waals surface area (Å²) in [6, 6.07) is 10.8. The molecule has 1 fully saturated rings. The van der Waals surface area contributed by atoms with Crippen molar-refractivity contribution in [2.24, 2.45) is 4.99 Å². The van der Waals surface area contributed by atoms with Gasteiger partial charge in [-0.05, 0) is 74.0 Å². The Morgan fingerprint density at radius 3 is 2.73 bits per heavy atom. The van der Waals surface area contributed by atoms with Crippen LogP contribution in [0.4, 0.5) is 5.69 Å². The number of carbonyl (C=O) groups is 1. The number of likely N-dealkylation sites (N-methyl/N-ethyl adjacent to an activating group) is 1. The number of hydrogen-bond acceptors (Lipinski definition) is 4. The predicted molar refractivity (Wildman–Crippen MR) is 109 cm³/mol. The molecule has 0 aliphatic carbocycles. The second-order valence-electron chi connectivity index (χ2n) is 6.05. The Morgan fingerprint density at radius 2 is 2.00 bits per heavy atom. The van der Waals surface area contributed by atoms with Crippen LogP contribution >= 0.6 is 23.4 Å². The highest BCUT2D eigenvalue weighted by atomic mass is 35.5. The van der Waals surface area contributed by atoms with E-state index in [0.717, 1.165) is 16.8 Å². The van der Waals surface area contributed by atoms with Gasteiger partial charge in [-0.15, -0.1) is 0 Å². The van der Waals surface area contributed by atoms with Crippen LogP contribution in [0.1, 0.15) is 23.6 Å². The van der Waals surface area contributed by atoms with Crippen molar-refractivity contribution >= 4 is 46.2 Å². The SMILES string of the molecule is CCN1C(=O)/C(=C\c2cc(Cl)ccc2O)SC1=Nc1cc(C)ccc1C. The molecule has 0 radical (unpaired) electrons. The normalized spacial score (nSPS) is 17.5. The van der Waals surface area contributed by atoms with Gasteiger partial charge in [-0.1, -0.05) is 23.7 Å². The van der Waals surface area contributed by atoms with Gasteiger partial charge in [-0.25, -0.2) is 4.99 Å². The maximum absolute atomic E-state index is 12.7. The van der Waals surface area contributed by atoms with Gasteiger partial charge < -0.3 is 5.11 Å². The van der Waals surface area contributed by atoms with Crippen LogP contribution in [0.2, 0.25) is 5.02 Å². The Bertz CT molecular complexity index is 937. The maximum atomic E-state index is 12.7. The van der Waals surface area contributed by atoms with Gasteiger partial charge in [0, 0.05) is 17.1 Å². The molecule has 1 saturated heterocycles. The third-order valence-corrected chi connectivity index (χ3v) is 5.30. The number of phenolic OH excluding ortho intramolecular Hbond substituents is 1. The maximum Gasteiger partial charge on any atom is 0.266 e. The molecule has 0 bridgehead atoms. The molecule has 0 saturated carbocycles. The fourth-order valence-corrected chi connectivity index (χ4v) is 3.82.